The van der Waals surface area contributed by atoms with Gasteiger partial charge in [-0.15, -0.1) is 0 Å². The van der Waals surface area contributed by atoms with Crippen molar-refractivity contribution >= 4 is 22.5 Å². The second-order valence-electron chi connectivity index (χ2n) is 8.12. The molecule has 35 heavy (non-hydrogen) atoms. The fourth-order valence-corrected chi connectivity index (χ4v) is 3.64. The smallest absolute Gasteiger partial charge is 0.322 e. The number of aromatic nitrogens is 1. The average molecular weight is 488 g/mol. The van der Waals surface area contributed by atoms with Gasteiger partial charge in [0.05, 0.1) is 27.9 Å². The number of amides is 1. The van der Waals surface area contributed by atoms with Gasteiger partial charge in [0.25, 0.3) is 5.91 Å². The second-order valence-corrected chi connectivity index (χ2v) is 8.12. The normalized spacial score (nSPS) is 12.1. The first-order valence-electron chi connectivity index (χ1n) is 10.4. The summed E-state index contributed by atoms with van der Waals surface area (Å²) < 4.78 is 79.3. The van der Waals surface area contributed by atoms with Crippen molar-refractivity contribution in [1.29, 1.82) is 0 Å². The molecule has 0 unspecified atom stereocenters. The van der Waals surface area contributed by atoms with Crippen molar-refractivity contribution < 1.29 is 31.1 Å². The number of aryl methyl sites for hydroxylation is 2. The van der Waals surface area contributed by atoms with Crippen LogP contribution in [0, 0.1) is 13.8 Å². The Morgan fingerprint density at radius 2 is 1.40 bits per heavy atom. The van der Waals surface area contributed by atoms with E-state index in [0.29, 0.717) is 34.3 Å². The molecule has 0 aliphatic carbocycles. The van der Waals surface area contributed by atoms with E-state index in [-0.39, 0.29) is 11.6 Å². The Morgan fingerprint density at radius 1 is 0.771 bits per heavy atom. The van der Waals surface area contributed by atoms with Gasteiger partial charge in [-0.3, -0.25) is 4.79 Å². The molecular formula is C26H18F6N2O. The number of hydrogen-bond donors (Lipinski definition) is 1. The van der Waals surface area contributed by atoms with E-state index >= 15 is 0 Å². The van der Waals surface area contributed by atoms with Gasteiger partial charge in [-0.1, -0.05) is 30.3 Å². The molecule has 0 bridgehead atoms. The highest BCUT2D eigenvalue weighted by atomic mass is 19.4. The van der Waals surface area contributed by atoms with Gasteiger partial charge >= 0.3 is 12.4 Å². The molecule has 0 fully saturated rings. The number of pyridine rings is 1. The third-order valence-electron chi connectivity index (χ3n) is 5.61. The van der Waals surface area contributed by atoms with E-state index in [2.05, 4.69) is 10.3 Å². The fraction of sp³-hybridized carbons (Fsp3) is 0.154. The summed E-state index contributed by atoms with van der Waals surface area (Å²) in [5, 5.41) is 2.61. The highest BCUT2D eigenvalue weighted by Crippen LogP contribution is 2.38. The molecular weight excluding hydrogens is 470 g/mol. The topological polar surface area (TPSA) is 42.0 Å². The van der Waals surface area contributed by atoms with E-state index in [0.717, 1.165) is 11.1 Å². The van der Waals surface area contributed by atoms with Crippen LogP contribution in [0.25, 0.3) is 22.2 Å². The van der Waals surface area contributed by atoms with Crippen molar-refractivity contribution in [2.24, 2.45) is 0 Å². The third-order valence-corrected chi connectivity index (χ3v) is 5.61. The Hall–Kier alpha value is -3.88. The standard InChI is InChI=1S/C26H18F6N2O/c1-14-7-8-16(9-15(14)2)23-13-21(20-5-3-4-6-22(20)34-23)24(35)33-19-11-17(25(27,28)29)10-18(12-19)26(30,31)32/h3-13H,1-2H3,(H,33,35). The van der Waals surface area contributed by atoms with Crippen LogP contribution in [0.5, 0.6) is 0 Å². The first-order valence-corrected chi connectivity index (χ1v) is 10.4. The molecule has 1 heterocycles. The van der Waals surface area contributed by atoms with Gasteiger partial charge in [0.1, 0.15) is 0 Å². The minimum absolute atomic E-state index is 0.00925. The molecule has 3 nitrogen and oxygen atoms in total. The monoisotopic (exact) mass is 488 g/mol. The molecule has 1 amide bonds. The molecule has 0 spiro atoms. The maximum atomic E-state index is 13.2. The fourth-order valence-electron chi connectivity index (χ4n) is 3.64. The van der Waals surface area contributed by atoms with Gasteiger partial charge in [0.2, 0.25) is 0 Å². The quantitative estimate of drug-likeness (QED) is 0.299. The van der Waals surface area contributed by atoms with Crippen molar-refractivity contribution in [1.82, 2.24) is 4.98 Å². The number of fused-ring (bicyclic) bond motifs is 1. The van der Waals surface area contributed by atoms with Gasteiger partial charge in [0, 0.05) is 16.6 Å². The Balaban J connectivity index is 1.81. The van der Waals surface area contributed by atoms with E-state index in [1.807, 2.05) is 32.0 Å². The Labute approximate surface area is 196 Å². The number of carbonyl (C=O) groups is 1. The summed E-state index contributed by atoms with van der Waals surface area (Å²) in [7, 11) is 0. The molecule has 0 saturated carbocycles. The Morgan fingerprint density at radius 3 is 2.00 bits per heavy atom. The molecule has 4 aromatic rings. The van der Waals surface area contributed by atoms with Gasteiger partial charge in [0.15, 0.2) is 0 Å². The zero-order chi connectivity index (χ0) is 25.5. The van der Waals surface area contributed by atoms with Crippen molar-refractivity contribution in [3.8, 4) is 11.3 Å². The van der Waals surface area contributed by atoms with Crippen molar-refractivity contribution in [3.63, 3.8) is 0 Å². The summed E-state index contributed by atoms with van der Waals surface area (Å²) in [4.78, 5) is 17.7. The lowest BCUT2D eigenvalue weighted by Crippen LogP contribution is -2.16. The predicted octanol–water partition coefficient (Wildman–Crippen LogP) is 7.81. The minimum atomic E-state index is -5.03. The summed E-state index contributed by atoms with van der Waals surface area (Å²) >= 11 is 0. The summed E-state index contributed by atoms with van der Waals surface area (Å²) in [5.41, 5.74) is 0.0676. The van der Waals surface area contributed by atoms with Crippen LogP contribution in [0.3, 0.4) is 0 Å². The first-order chi connectivity index (χ1) is 16.3. The number of alkyl halides is 6. The van der Waals surface area contributed by atoms with E-state index in [9.17, 15) is 31.1 Å². The van der Waals surface area contributed by atoms with Crippen LogP contribution < -0.4 is 5.32 Å². The number of halogens is 6. The molecule has 0 aliphatic rings. The van der Waals surface area contributed by atoms with E-state index in [4.69, 9.17) is 0 Å². The molecule has 1 N–H and O–H groups in total. The number of carbonyl (C=O) groups excluding carboxylic acids is 1. The van der Waals surface area contributed by atoms with E-state index in [1.54, 1.807) is 24.3 Å². The molecule has 180 valence electrons. The van der Waals surface area contributed by atoms with Gasteiger partial charge < -0.3 is 5.32 Å². The van der Waals surface area contributed by atoms with Crippen LogP contribution in [0.4, 0.5) is 32.0 Å². The predicted molar refractivity (Wildman–Crippen MR) is 121 cm³/mol. The van der Waals surface area contributed by atoms with Gasteiger partial charge in [-0.05, 0) is 61.4 Å². The summed E-state index contributed by atoms with van der Waals surface area (Å²) in [5.74, 6) is -0.860. The SMILES string of the molecule is Cc1ccc(-c2cc(C(=O)Nc3cc(C(F)(F)F)cc(C(F)(F)F)c3)c3ccccc3n2)cc1C. The van der Waals surface area contributed by atoms with Crippen molar-refractivity contribution in [2.45, 2.75) is 26.2 Å². The Bertz CT molecular complexity index is 1410. The maximum absolute atomic E-state index is 13.2. The van der Waals surface area contributed by atoms with Gasteiger partial charge in [-0.25, -0.2) is 4.98 Å². The van der Waals surface area contributed by atoms with E-state index < -0.39 is 35.1 Å². The molecule has 0 aliphatic heterocycles. The summed E-state index contributed by atoms with van der Waals surface area (Å²) in [6, 6.07) is 14.7. The zero-order valence-corrected chi connectivity index (χ0v) is 18.5. The largest absolute Gasteiger partial charge is 0.416 e. The van der Waals surface area contributed by atoms with Crippen LogP contribution >= 0.6 is 0 Å². The molecule has 3 aromatic carbocycles. The molecule has 4 rings (SSSR count). The number of anilines is 1. The number of nitrogens with one attached hydrogen (secondary N) is 1. The summed E-state index contributed by atoms with van der Waals surface area (Å²) in [6.07, 6.45) is -10.1. The second kappa shape index (κ2) is 8.72. The van der Waals surface area contributed by atoms with Crippen molar-refractivity contribution in [2.75, 3.05) is 5.32 Å². The number of nitrogens with zero attached hydrogens (tertiary/aromatic N) is 1. The maximum Gasteiger partial charge on any atom is 0.416 e. The van der Waals surface area contributed by atoms with Crippen LogP contribution in [0.1, 0.15) is 32.6 Å². The highest BCUT2D eigenvalue weighted by Gasteiger charge is 2.37. The lowest BCUT2D eigenvalue weighted by molar-refractivity contribution is -0.143. The molecule has 9 heteroatoms. The summed E-state index contributed by atoms with van der Waals surface area (Å²) in [6.45, 7) is 3.86. The van der Waals surface area contributed by atoms with Gasteiger partial charge in [-0.2, -0.15) is 26.3 Å². The van der Waals surface area contributed by atoms with Crippen LogP contribution in [-0.2, 0) is 12.4 Å². The minimum Gasteiger partial charge on any atom is -0.322 e. The van der Waals surface area contributed by atoms with Crippen LogP contribution in [-0.4, -0.2) is 10.9 Å². The molecule has 0 radical (unpaired) electrons. The Kier molecular flexibility index (Phi) is 6.04. The zero-order valence-electron chi connectivity index (χ0n) is 18.5. The first kappa shape index (κ1) is 24.3. The third kappa shape index (κ3) is 5.13. The number of benzene rings is 3. The average Bonchev–Trinajstić information content (AvgIpc) is 2.78. The molecule has 0 saturated heterocycles. The molecule has 0 atom stereocenters. The van der Waals surface area contributed by atoms with Crippen LogP contribution in [0.2, 0.25) is 0 Å². The lowest BCUT2D eigenvalue weighted by Gasteiger charge is -2.15. The molecule has 1 aromatic heterocycles. The number of rotatable bonds is 3. The van der Waals surface area contributed by atoms with E-state index in [1.165, 1.54) is 6.07 Å². The number of para-hydroxylation sites is 1. The highest BCUT2D eigenvalue weighted by molar-refractivity contribution is 6.13. The lowest BCUT2D eigenvalue weighted by atomic mass is 10.0. The van der Waals surface area contributed by atoms with Crippen LogP contribution in [0.15, 0.2) is 66.7 Å². The number of hydrogen-bond acceptors (Lipinski definition) is 2. The van der Waals surface area contributed by atoms with Crippen molar-refractivity contribution in [3.05, 3.63) is 94.5 Å².